The summed E-state index contributed by atoms with van der Waals surface area (Å²) < 4.78 is 13.0. The van der Waals surface area contributed by atoms with E-state index in [1.807, 2.05) is 20.1 Å². The molecular formula is C41H57N3O5. The number of methoxy groups -OCH3 is 1. The molecule has 3 fully saturated rings. The third-order valence-electron chi connectivity index (χ3n) is 12.3. The van der Waals surface area contributed by atoms with Crippen LogP contribution in [0.25, 0.3) is 0 Å². The Morgan fingerprint density at radius 1 is 1.18 bits per heavy atom. The van der Waals surface area contributed by atoms with Crippen molar-refractivity contribution in [2.75, 3.05) is 13.7 Å². The number of aryl methyl sites for hydroxylation is 1. The molecule has 0 saturated heterocycles. The van der Waals surface area contributed by atoms with E-state index in [0.717, 1.165) is 92.9 Å². The molecule has 6 rings (SSSR count). The number of aliphatic imine (C=N–C) groups is 1. The van der Waals surface area contributed by atoms with E-state index in [1.54, 1.807) is 6.08 Å². The minimum atomic E-state index is -0.166. The molecule has 6 N–H and O–H groups in total. The van der Waals surface area contributed by atoms with Crippen LogP contribution in [0.3, 0.4) is 0 Å². The molecule has 49 heavy (non-hydrogen) atoms. The maximum absolute atomic E-state index is 13.3. The fourth-order valence-electron chi connectivity index (χ4n) is 10.2. The molecule has 7 atom stereocenters. The molecule has 0 aliphatic heterocycles. The molecule has 5 aliphatic carbocycles. The summed E-state index contributed by atoms with van der Waals surface area (Å²) in [6.07, 6.45) is 17.1. The van der Waals surface area contributed by atoms with E-state index in [0.29, 0.717) is 30.9 Å². The first-order valence-electron chi connectivity index (χ1n) is 18.9. The van der Waals surface area contributed by atoms with Crippen molar-refractivity contribution < 1.29 is 24.5 Å². The number of fused-ring (bicyclic) bond motifs is 1. The van der Waals surface area contributed by atoms with Gasteiger partial charge >= 0.3 is 0 Å². The quantitative estimate of drug-likeness (QED) is 0.0684. The molecule has 3 saturated carbocycles. The van der Waals surface area contributed by atoms with E-state index in [2.05, 4.69) is 29.8 Å². The number of hydrogen-bond donors (Lipinski definition) is 4. The normalized spacial score (nSPS) is 31.0. The summed E-state index contributed by atoms with van der Waals surface area (Å²) in [4.78, 5) is 18.0. The Morgan fingerprint density at radius 3 is 2.69 bits per heavy atom. The zero-order chi connectivity index (χ0) is 34.7. The number of aromatic hydroxyl groups is 1. The molecule has 7 unspecified atom stereocenters. The third-order valence-corrected chi connectivity index (χ3v) is 12.3. The molecule has 0 amide bonds. The Kier molecular flexibility index (Phi) is 11.1. The predicted octanol–water partition coefficient (Wildman–Crippen LogP) is 6.59. The lowest BCUT2D eigenvalue weighted by atomic mass is 9.45. The van der Waals surface area contributed by atoms with Gasteiger partial charge in [-0.1, -0.05) is 43.8 Å². The highest BCUT2D eigenvalue weighted by atomic mass is 16.5. The van der Waals surface area contributed by atoms with Crippen LogP contribution in [0.15, 0.2) is 34.4 Å². The summed E-state index contributed by atoms with van der Waals surface area (Å²) in [6, 6.07) is 1.79. The minimum absolute atomic E-state index is 0.000173. The van der Waals surface area contributed by atoms with E-state index in [9.17, 15) is 15.0 Å². The van der Waals surface area contributed by atoms with Crippen LogP contribution in [-0.2, 0) is 16.0 Å². The van der Waals surface area contributed by atoms with Gasteiger partial charge in [0.15, 0.2) is 23.2 Å². The molecule has 1 aromatic rings. The Morgan fingerprint density at radius 2 is 1.98 bits per heavy atom. The number of hydrogen-bond acceptors (Lipinski definition) is 6. The van der Waals surface area contributed by atoms with Gasteiger partial charge in [0.05, 0.1) is 24.9 Å². The van der Waals surface area contributed by atoms with Crippen molar-refractivity contribution in [1.29, 1.82) is 0 Å². The summed E-state index contributed by atoms with van der Waals surface area (Å²) in [7, 11) is 1.82. The van der Waals surface area contributed by atoms with Crippen molar-refractivity contribution in [2.45, 2.75) is 134 Å². The molecule has 266 valence electrons. The SMILES string of the molecule is CCCC(=CC(=O)CCc1cc(OC2CCCC2)c(O)c2c1C#CCC(N=C(N)N)CC1C=C3CCC(C)CC34CCC(OC)C1C24)CO. The number of guanidine groups is 1. The molecule has 1 spiro atoms. The lowest BCUT2D eigenvalue weighted by molar-refractivity contribution is -0.114. The first-order chi connectivity index (χ1) is 23.7. The Bertz CT molecular complexity index is 1540. The molecule has 5 aliphatic rings. The molecule has 1 aromatic carbocycles. The van der Waals surface area contributed by atoms with E-state index in [-0.39, 0.29) is 71.9 Å². The van der Waals surface area contributed by atoms with Crippen LogP contribution in [0, 0.1) is 35.0 Å². The Balaban J connectivity index is 1.56. The number of ether oxygens (including phenoxy) is 2. The van der Waals surface area contributed by atoms with E-state index in [4.69, 9.17) is 20.9 Å². The number of ketones is 1. The number of rotatable bonds is 11. The average Bonchev–Trinajstić information content (AvgIpc) is 3.58. The van der Waals surface area contributed by atoms with Crippen molar-refractivity contribution in [3.05, 3.63) is 46.1 Å². The number of phenolic OH excluding ortho intramolecular Hbond substituents is 1. The number of benzene rings is 1. The van der Waals surface area contributed by atoms with Crippen molar-refractivity contribution in [3.63, 3.8) is 0 Å². The van der Waals surface area contributed by atoms with Crippen LogP contribution < -0.4 is 16.2 Å². The van der Waals surface area contributed by atoms with Gasteiger partial charge in [0.1, 0.15) is 0 Å². The van der Waals surface area contributed by atoms with Gasteiger partial charge in [-0.05, 0) is 123 Å². The van der Waals surface area contributed by atoms with Gasteiger partial charge in [0.25, 0.3) is 0 Å². The first kappa shape index (κ1) is 35.5. The van der Waals surface area contributed by atoms with Crippen LogP contribution in [0.5, 0.6) is 11.5 Å². The molecule has 0 aromatic heterocycles. The van der Waals surface area contributed by atoms with E-state index < -0.39 is 0 Å². The van der Waals surface area contributed by atoms with Gasteiger partial charge < -0.3 is 31.2 Å². The number of nitrogens with zero attached hydrogens (tertiary/aromatic N) is 1. The van der Waals surface area contributed by atoms with Crippen LogP contribution in [0.4, 0.5) is 0 Å². The highest BCUT2D eigenvalue weighted by Gasteiger charge is 2.59. The Labute approximate surface area is 292 Å². The van der Waals surface area contributed by atoms with Crippen molar-refractivity contribution in [3.8, 4) is 23.3 Å². The summed E-state index contributed by atoms with van der Waals surface area (Å²) >= 11 is 0. The first-order valence-corrected chi connectivity index (χ1v) is 18.9. The summed E-state index contributed by atoms with van der Waals surface area (Å²) in [5, 5.41) is 22.4. The minimum Gasteiger partial charge on any atom is -0.504 e. The molecular weight excluding hydrogens is 614 g/mol. The number of carbonyl (C=O) groups excluding carboxylic acids is 1. The average molecular weight is 672 g/mol. The topological polar surface area (TPSA) is 140 Å². The Hall–Kier alpha value is -3.28. The van der Waals surface area contributed by atoms with Gasteiger partial charge in [-0.25, -0.2) is 4.99 Å². The highest BCUT2D eigenvalue weighted by Crippen LogP contribution is 2.68. The van der Waals surface area contributed by atoms with Gasteiger partial charge in [-0.2, -0.15) is 0 Å². The molecule has 8 nitrogen and oxygen atoms in total. The van der Waals surface area contributed by atoms with Crippen molar-refractivity contribution >= 4 is 11.7 Å². The van der Waals surface area contributed by atoms with E-state index in [1.165, 1.54) is 5.57 Å². The highest BCUT2D eigenvalue weighted by molar-refractivity contribution is 5.90. The van der Waals surface area contributed by atoms with Crippen molar-refractivity contribution in [2.24, 2.45) is 39.6 Å². The van der Waals surface area contributed by atoms with Gasteiger partial charge in [0, 0.05) is 37.0 Å². The number of nitrogens with two attached hydrogens (primary N) is 2. The summed E-state index contributed by atoms with van der Waals surface area (Å²) in [5.74, 6) is 8.52. The summed E-state index contributed by atoms with van der Waals surface area (Å²) in [6.45, 7) is 4.30. The smallest absolute Gasteiger partial charge is 0.186 e. The fourth-order valence-corrected chi connectivity index (χ4v) is 10.2. The van der Waals surface area contributed by atoms with Crippen LogP contribution in [-0.4, -0.2) is 53.9 Å². The third kappa shape index (κ3) is 7.30. The number of aliphatic hydroxyl groups is 1. The lowest BCUT2D eigenvalue weighted by Crippen LogP contribution is -2.53. The number of aliphatic hydroxyl groups excluding tert-OH is 1. The number of allylic oxidation sites excluding steroid dienone is 3. The second-order valence-corrected chi connectivity index (χ2v) is 15.5. The predicted molar refractivity (Wildman–Crippen MR) is 193 cm³/mol. The molecule has 0 heterocycles. The lowest BCUT2D eigenvalue weighted by Gasteiger charge is -2.60. The van der Waals surface area contributed by atoms with Crippen LogP contribution >= 0.6 is 0 Å². The monoisotopic (exact) mass is 671 g/mol. The van der Waals surface area contributed by atoms with Crippen LogP contribution in [0.2, 0.25) is 0 Å². The van der Waals surface area contributed by atoms with Crippen LogP contribution in [0.1, 0.15) is 126 Å². The standard InChI is InChI=1S/C41H57N3O5/c1-4-8-26(24-45)19-31(46)16-14-27-22-35(49-32-10-5-6-11-32)39(47)37-33(27)12-7-9-30(44-40(42)43)21-28-20-29-15-13-25(2)23-41(29)18-17-34(48-3)36(28)38(37)41/h19-20,22,25,28,30,32,34,36,38,45,47H,4-6,8-11,13-18,21,23-24H2,1-3H3,(H4,42,43,44). The fraction of sp³-hybridized carbons (Fsp3) is 0.659. The number of phenols is 1. The zero-order valence-electron chi connectivity index (χ0n) is 29.8. The van der Waals surface area contributed by atoms with E-state index >= 15 is 0 Å². The number of carbonyl (C=O) groups is 1. The largest absolute Gasteiger partial charge is 0.504 e. The molecule has 0 radical (unpaired) electrons. The maximum atomic E-state index is 13.3. The molecule has 8 heteroatoms. The van der Waals surface area contributed by atoms with Gasteiger partial charge in [0.2, 0.25) is 0 Å². The second-order valence-electron chi connectivity index (χ2n) is 15.5. The van der Waals surface area contributed by atoms with Gasteiger partial charge in [-0.15, -0.1) is 0 Å². The maximum Gasteiger partial charge on any atom is 0.186 e. The van der Waals surface area contributed by atoms with Crippen molar-refractivity contribution in [1.82, 2.24) is 0 Å². The van der Waals surface area contributed by atoms with Gasteiger partial charge in [-0.3, -0.25) is 4.79 Å². The zero-order valence-corrected chi connectivity index (χ0v) is 29.8. The molecule has 4 bridgehead atoms. The summed E-state index contributed by atoms with van der Waals surface area (Å²) in [5.41, 5.74) is 16.7. The second kappa shape index (κ2) is 15.3.